The van der Waals surface area contributed by atoms with E-state index in [0.717, 1.165) is 13.1 Å². The predicted molar refractivity (Wildman–Crippen MR) is 77.5 cm³/mol. The van der Waals surface area contributed by atoms with Gasteiger partial charge >= 0.3 is 5.97 Å². The molecule has 116 valence electrons. The van der Waals surface area contributed by atoms with Crippen molar-refractivity contribution in [3.63, 3.8) is 0 Å². The summed E-state index contributed by atoms with van der Waals surface area (Å²) in [7, 11) is -3.49. The average molecular weight is 313 g/mol. The maximum absolute atomic E-state index is 12.4. The van der Waals surface area contributed by atoms with Gasteiger partial charge in [0, 0.05) is 19.6 Å². The second kappa shape index (κ2) is 6.55. The van der Waals surface area contributed by atoms with Crippen LogP contribution in [0.1, 0.15) is 15.9 Å². The van der Waals surface area contributed by atoms with Crippen LogP contribution in [-0.2, 0) is 14.6 Å². The predicted octanol–water partition coefficient (Wildman–Crippen LogP) is 0.799. The van der Waals surface area contributed by atoms with Crippen LogP contribution in [0.25, 0.3) is 0 Å². The molecule has 0 aromatic heterocycles. The Hall–Kier alpha value is -1.44. The number of morpholine rings is 1. The molecule has 0 radical (unpaired) electrons. The molecule has 1 heterocycles. The summed E-state index contributed by atoms with van der Waals surface area (Å²) >= 11 is 0. The lowest BCUT2D eigenvalue weighted by molar-refractivity contribution is 0.0408. The maximum atomic E-state index is 12.4. The summed E-state index contributed by atoms with van der Waals surface area (Å²) in [4.78, 5) is 13.1. The first-order valence-corrected chi connectivity index (χ1v) is 8.42. The van der Waals surface area contributed by atoms with Crippen LogP contribution in [-0.4, -0.2) is 63.0 Å². The van der Waals surface area contributed by atoms with E-state index < -0.39 is 15.8 Å². The maximum Gasteiger partial charge on any atom is 0.335 e. The number of hydrogen-bond acceptors (Lipinski definition) is 5. The number of sulfone groups is 1. The van der Waals surface area contributed by atoms with Crippen LogP contribution in [0.2, 0.25) is 0 Å². The molecule has 1 saturated heterocycles. The number of carboxylic acid groups (broad SMARTS) is 1. The Morgan fingerprint density at radius 1 is 1.33 bits per heavy atom. The molecule has 1 N–H and O–H groups in total. The van der Waals surface area contributed by atoms with Crippen molar-refractivity contribution in [2.75, 3.05) is 38.6 Å². The summed E-state index contributed by atoms with van der Waals surface area (Å²) in [6.07, 6.45) is 0. The summed E-state index contributed by atoms with van der Waals surface area (Å²) in [5, 5.41) is 8.98. The molecule has 21 heavy (non-hydrogen) atoms. The third kappa shape index (κ3) is 4.03. The van der Waals surface area contributed by atoms with Crippen LogP contribution in [0, 0.1) is 6.92 Å². The monoisotopic (exact) mass is 313 g/mol. The fourth-order valence-corrected chi connectivity index (χ4v) is 3.84. The Labute approximate surface area is 124 Å². The van der Waals surface area contributed by atoms with Crippen molar-refractivity contribution >= 4 is 15.8 Å². The molecule has 0 aliphatic carbocycles. The molecule has 1 fully saturated rings. The minimum atomic E-state index is -3.49. The van der Waals surface area contributed by atoms with Gasteiger partial charge in [0.1, 0.15) is 0 Å². The number of rotatable bonds is 5. The first-order valence-electron chi connectivity index (χ1n) is 6.77. The van der Waals surface area contributed by atoms with Crippen molar-refractivity contribution in [2.24, 2.45) is 0 Å². The summed E-state index contributed by atoms with van der Waals surface area (Å²) in [5.74, 6) is -1.14. The number of benzene rings is 1. The van der Waals surface area contributed by atoms with E-state index in [1.807, 2.05) is 4.90 Å². The van der Waals surface area contributed by atoms with Crippen molar-refractivity contribution in [3.05, 3.63) is 29.3 Å². The van der Waals surface area contributed by atoms with Crippen LogP contribution < -0.4 is 0 Å². The van der Waals surface area contributed by atoms with Gasteiger partial charge in [-0.1, -0.05) is 6.07 Å². The molecule has 0 bridgehead atoms. The molecule has 1 aromatic rings. The van der Waals surface area contributed by atoms with Gasteiger partial charge in [-0.2, -0.15) is 0 Å². The molecule has 1 aliphatic heterocycles. The highest BCUT2D eigenvalue weighted by atomic mass is 32.2. The molecule has 6 nitrogen and oxygen atoms in total. The quantitative estimate of drug-likeness (QED) is 0.865. The molecule has 0 saturated carbocycles. The van der Waals surface area contributed by atoms with Crippen LogP contribution in [0.3, 0.4) is 0 Å². The van der Waals surface area contributed by atoms with Gasteiger partial charge in [0.25, 0.3) is 0 Å². The molecule has 1 aliphatic rings. The fraction of sp³-hybridized carbons (Fsp3) is 0.500. The van der Waals surface area contributed by atoms with Gasteiger partial charge in [-0.3, -0.25) is 4.90 Å². The van der Waals surface area contributed by atoms with Crippen molar-refractivity contribution < 1.29 is 23.1 Å². The zero-order valence-electron chi connectivity index (χ0n) is 11.9. The van der Waals surface area contributed by atoms with Crippen molar-refractivity contribution in [3.8, 4) is 0 Å². The number of carbonyl (C=O) groups is 1. The number of hydrogen-bond donors (Lipinski definition) is 1. The average Bonchev–Trinajstić information content (AvgIpc) is 2.46. The van der Waals surface area contributed by atoms with Gasteiger partial charge in [0.05, 0.1) is 29.4 Å². The molecule has 1 aromatic carbocycles. The number of aryl methyl sites for hydroxylation is 1. The van der Waals surface area contributed by atoms with Crippen LogP contribution in [0.4, 0.5) is 0 Å². The summed E-state index contributed by atoms with van der Waals surface area (Å²) in [5.41, 5.74) is 0.563. The Balaban J connectivity index is 2.14. The van der Waals surface area contributed by atoms with Crippen molar-refractivity contribution in [1.29, 1.82) is 0 Å². The Bertz CT molecular complexity index is 620. The lowest BCUT2D eigenvalue weighted by Crippen LogP contribution is -2.39. The Morgan fingerprint density at radius 2 is 2.00 bits per heavy atom. The highest BCUT2D eigenvalue weighted by Gasteiger charge is 2.21. The van der Waals surface area contributed by atoms with E-state index in [-0.39, 0.29) is 16.2 Å². The van der Waals surface area contributed by atoms with Gasteiger partial charge < -0.3 is 9.84 Å². The highest BCUT2D eigenvalue weighted by Crippen LogP contribution is 2.19. The number of aromatic carboxylic acids is 1. The van der Waals surface area contributed by atoms with Gasteiger partial charge in [0.2, 0.25) is 0 Å². The molecule has 2 rings (SSSR count). The summed E-state index contributed by atoms with van der Waals surface area (Å²) in [6, 6.07) is 4.19. The molecule has 0 amide bonds. The minimum Gasteiger partial charge on any atom is -0.478 e. The minimum absolute atomic E-state index is 0.00875. The molecular formula is C14H19NO5S. The zero-order chi connectivity index (χ0) is 15.5. The van der Waals surface area contributed by atoms with E-state index in [2.05, 4.69) is 0 Å². The zero-order valence-corrected chi connectivity index (χ0v) is 12.7. The van der Waals surface area contributed by atoms with Gasteiger partial charge in [-0.15, -0.1) is 0 Å². The van der Waals surface area contributed by atoms with E-state index in [0.29, 0.717) is 25.3 Å². The third-order valence-electron chi connectivity index (χ3n) is 3.55. The molecule has 0 atom stereocenters. The number of carboxylic acids is 1. The van der Waals surface area contributed by atoms with E-state index >= 15 is 0 Å². The van der Waals surface area contributed by atoms with E-state index in [1.54, 1.807) is 6.92 Å². The molecule has 0 spiro atoms. The second-order valence-electron chi connectivity index (χ2n) is 5.06. The van der Waals surface area contributed by atoms with Gasteiger partial charge in [-0.05, 0) is 24.6 Å². The summed E-state index contributed by atoms with van der Waals surface area (Å²) in [6.45, 7) is 4.80. The molecular weight excluding hydrogens is 294 g/mol. The fourth-order valence-electron chi connectivity index (χ4n) is 2.25. The lowest BCUT2D eigenvalue weighted by atomic mass is 10.1. The summed E-state index contributed by atoms with van der Waals surface area (Å²) < 4.78 is 30.1. The number of ether oxygens (including phenoxy) is 1. The smallest absolute Gasteiger partial charge is 0.335 e. The van der Waals surface area contributed by atoms with Crippen LogP contribution >= 0.6 is 0 Å². The molecule has 0 unspecified atom stereocenters. The van der Waals surface area contributed by atoms with Crippen LogP contribution in [0.5, 0.6) is 0 Å². The second-order valence-corrected chi connectivity index (χ2v) is 7.14. The SMILES string of the molecule is Cc1ccc(C(=O)O)cc1S(=O)(=O)CCN1CCOCC1. The topological polar surface area (TPSA) is 83.9 Å². The Morgan fingerprint density at radius 3 is 2.62 bits per heavy atom. The van der Waals surface area contributed by atoms with E-state index in [4.69, 9.17) is 9.84 Å². The molecule has 7 heteroatoms. The largest absolute Gasteiger partial charge is 0.478 e. The van der Waals surface area contributed by atoms with E-state index in [1.165, 1.54) is 18.2 Å². The first-order chi connectivity index (χ1) is 9.90. The Kier molecular flexibility index (Phi) is 4.97. The standard InChI is InChI=1S/C14H19NO5S/c1-11-2-3-12(14(16)17)10-13(11)21(18,19)9-6-15-4-7-20-8-5-15/h2-3,10H,4-9H2,1H3,(H,16,17). The van der Waals surface area contributed by atoms with Crippen LogP contribution in [0.15, 0.2) is 23.1 Å². The number of nitrogens with zero attached hydrogens (tertiary/aromatic N) is 1. The van der Waals surface area contributed by atoms with Gasteiger partial charge in [0.15, 0.2) is 9.84 Å². The normalized spacial score (nSPS) is 16.8. The van der Waals surface area contributed by atoms with E-state index in [9.17, 15) is 13.2 Å². The van der Waals surface area contributed by atoms with Crippen molar-refractivity contribution in [2.45, 2.75) is 11.8 Å². The highest BCUT2D eigenvalue weighted by molar-refractivity contribution is 7.91. The lowest BCUT2D eigenvalue weighted by Gasteiger charge is -2.26. The van der Waals surface area contributed by atoms with Gasteiger partial charge in [-0.25, -0.2) is 13.2 Å². The van der Waals surface area contributed by atoms with Crippen molar-refractivity contribution in [1.82, 2.24) is 4.90 Å². The first kappa shape index (κ1) is 15.9. The third-order valence-corrected chi connectivity index (χ3v) is 5.38.